The molecule has 1 heterocycles. The second-order valence-corrected chi connectivity index (χ2v) is 7.75. The van der Waals surface area contributed by atoms with Crippen molar-refractivity contribution in [3.8, 4) is 5.75 Å². The number of aromatic nitrogens is 1. The Morgan fingerprint density at radius 3 is 2.81 bits per heavy atom. The fourth-order valence-electron chi connectivity index (χ4n) is 3.13. The number of thiazole rings is 1. The topological polar surface area (TPSA) is 72.5 Å². The summed E-state index contributed by atoms with van der Waals surface area (Å²) in [6, 6.07) is 8.09. The average molecular weight is 373 g/mol. The highest BCUT2D eigenvalue weighted by molar-refractivity contribution is 7.11. The monoisotopic (exact) mass is 372 g/mol. The molecule has 3 N–H and O–H groups in total. The molecule has 0 aliphatic heterocycles. The first-order valence-corrected chi connectivity index (χ1v) is 10.2. The normalized spacial score (nSPS) is 14.1. The predicted molar refractivity (Wildman–Crippen MR) is 108 cm³/mol. The smallest absolute Gasteiger partial charge is 0.188 e. The molecule has 26 heavy (non-hydrogen) atoms. The Balaban J connectivity index is 1.33. The quantitative estimate of drug-likeness (QED) is 0.424. The molecular weight excluding hydrogens is 344 g/mol. The lowest BCUT2D eigenvalue weighted by Crippen LogP contribution is -2.33. The van der Waals surface area contributed by atoms with Crippen LogP contribution in [0.25, 0.3) is 0 Å². The molecular formula is C20H28N4OS. The van der Waals surface area contributed by atoms with Gasteiger partial charge in [0.1, 0.15) is 5.75 Å². The first-order valence-electron chi connectivity index (χ1n) is 9.39. The number of benzene rings is 1. The minimum atomic E-state index is 0.525. The molecule has 0 amide bonds. The van der Waals surface area contributed by atoms with E-state index in [1.807, 2.05) is 23.5 Å². The van der Waals surface area contributed by atoms with Crippen molar-refractivity contribution in [3.63, 3.8) is 0 Å². The van der Waals surface area contributed by atoms with Crippen LogP contribution < -0.4 is 15.8 Å². The summed E-state index contributed by atoms with van der Waals surface area (Å²) in [5, 5.41) is 4.44. The van der Waals surface area contributed by atoms with Crippen LogP contribution in [0.4, 0.5) is 0 Å². The van der Waals surface area contributed by atoms with Gasteiger partial charge in [-0.25, -0.2) is 4.98 Å². The fourth-order valence-corrected chi connectivity index (χ4v) is 4.32. The van der Waals surface area contributed by atoms with Gasteiger partial charge in [-0.2, -0.15) is 0 Å². The lowest BCUT2D eigenvalue weighted by molar-refractivity contribution is 0.414. The van der Waals surface area contributed by atoms with Crippen molar-refractivity contribution >= 4 is 17.3 Å². The zero-order chi connectivity index (χ0) is 18.2. The maximum absolute atomic E-state index is 5.95. The van der Waals surface area contributed by atoms with Crippen molar-refractivity contribution in [2.24, 2.45) is 10.7 Å². The van der Waals surface area contributed by atoms with Crippen molar-refractivity contribution in [2.45, 2.75) is 44.9 Å². The molecule has 6 heteroatoms. The van der Waals surface area contributed by atoms with Crippen LogP contribution in [-0.2, 0) is 25.7 Å². The summed E-state index contributed by atoms with van der Waals surface area (Å²) in [6.45, 7) is 1.52. The number of fused-ring (bicyclic) bond motifs is 1. The Labute approximate surface area is 159 Å². The van der Waals surface area contributed by atoms with Crippen molar-refractivity contribution in [2.75, 3.05) is 20.2 Å². The first-order chi connectivity index (χ1) is 12.7. The van der Waals surface area contributed by atoms with E-state index < -0.39 is 0 Å². The number of nitrogens with two attached hydrogens (primary N) is 1. The number of methoxy groups -OCH3 is 1. The van der Waals surface area contributed by atoms with Crippen LogP contribution in [0.15, 0.2) is 29.3 Å². The summed E-state index contributed by atoms with van der Waals surface area (Å²) in [4.78, 5) is 10.7. The number of aliphatic imine (C=N–C) groups is 1. The summed E-state index contributed by atoms with van der Waals surface area (Å²) < 4.78 is 5.16. The van der Waals surface area contributed by atoms with Gasteiger partial charge in [0.2, 0.25) is 0 Å². The molecule has 2 aromatic rings. The molecule has 0 unspecified atom stereocenters. The Morgan fingerprint density at radius 2 is 2.04 bits per heavy atom. The Morgan fingerprint density at radius 1 is 1.23 bits per heavy atom. The number of nitrogens with one attached hydrogen (secondary N) is 1. The lowest BCUT2D eigenvalue weighted by Gasteiger charge is -2.06. The molecule has 0 saturated carbocycles. The van der Waals surface area contributed by atoms with Gasteiger partial charge in [0.15, 0.2) is 5.96 Å². The van der Waals surface area contributed by atoms with E-state index >= 15 is 0 Å². The Bertz CT molecular complexity index is 700. The highest BCUT2D eigenvalue weighted by Gasteiger charge is 2.14. The maximum atomic E-state index is 5.95. The van der Waals surface area contributed by atoms with E-state index in [2.05, 4.69) is 22.4 Å². The van der Waals surface area contributed by atoms with Crippen LogP contribution >= 0.6 is 11.3 Å². The van der Waals surface area contributed by atoms with Crippen LogP contribution in [0.2, 0.25) is 0 Å². The molecule has 0 atom stereocenters. The minimum absolute atomic E-state index is 0.525. The van der Waals surface area contributed by atoms with Gasteiger partial charge in [-0.3, -0.25) is 4.99 Å². The first kappa shape index (κ1) is 18.7. The summed E-state index contributed by atoms with van der Waals surface area (Å²) in [5.41, 5.74) is 8.54. The summed E-state index contributed by atoms with van der Waals surface area (Å²) in [7, 11) is 1.68. The van der Waals surface area contributed by atoms with Crippen molar-refractivity contribution < 1.29 is 4.74 Å². The van der Waals surface area contributed by atoms with Crippen LogP contribution in [0.5, 0.6) is 5.75 Å². The van der Waals surface area contributed by atoms with Crippen LogP contribution in [0.3, 0.4) is 0 Å². The second-order valence-electron chi connectivity index (χ2n) is 6.58. The third-order valence-electron chi connectivity index (χ3n) is 4.60. The molecule has 0 radical (unpaired) electrons. The van der Waals surface area contributed by atoms with E-state index in [0.717, 1.165) is 44.5 Å². The van der Waals surface area contributed by atoms with Crippen molar-refractivity contribution in [1.82, 2.24) is 10.3 Å². The second kappa shape index (κ2) is 9.57. The van der Waals surface area contributed by atoms with Gasteiger partial charge in [-0.05, 0) is 56.2 Å². The van der Waals surface area contributed by atoms with Gasteiger partial charge in [0, 0.05) is 24.4 Å². The lowest BCUT2D eigenvalue weighted by atomic mass is 10.0. The standard InChI is InChI=1S/C20H28N4OS/c1-25-16-10-8-15(9-11-16)12-14-23-20(21)22-13-4-7-19-24-17-5-2-3-6-18(17)26-19/h8-11H,2-7,12-14H2,1H3,(H3,21,22,23). The molecule has 1 aromatic heterocycles. The molecule has 1 aliphatic carbocycles. The average Bonchev–Trinajstić information content (AvgIpc) is 3.09. The molecule has 0 fully saturated rings. The van der Waals surface area contributed by atoms with Gasteiger partial charge >= 0.3 is 0 Å². The summed E-state index contributed by atoms with van der Waals surface area (Å²) in [6.07, 6.45) is 7.89. The van der Waals surface area contributed by atoms with Gasteiger partial charge < -0.3 is 15.8 Å². The Hall–Kier alpha value is -2.08. The molecule has 0 bridgehead atoms. The predicted octanol–water partition coefficient (Wildman–Crippen LogP) is 3.11. The fraction of sp³-hybridized carbons (Fsp3) is 0.500. The molecule has 140 valence electrons. The zero-order valence-electron chi connectivity index (χ0n) is 15.5. The maximum Gasteiger partial charge on any atom is 0.188 e. The van der Waals surface area contributed by atoms with E-state index in [0.29, 0.717) is 5.96 Å². The summed E-state index contributed by atoms with van der Waals surface area (Å²) >= 11 is 1.89. The van der Waals surface area contributed by atoms with E-state index in [-0.39, 0.29) is 0 Å². The number of hydrogen-bond acceptors (Lipinski definition) is 4. The highest BCUT2D eigenvalue weighted by Crippen LogP contribution is 2.27. The molecule has 5 nitrogen and oxygen atoms in total. The third kappa shape index (κ3) is 5.46. The van der Waals surface area contributed by atoms with Gasteiger partial charge in [0.25, 0.3) is 0 Å². The Kier molecular flexibility index (Phi) is 6.89. The number of guanidine groups is 1. The minimum Gasteiger partial charge on any atom is -0.497 e. The SMILES string of the molecule is COc1ccc(CCNC(N)=NCCCc2nc3c(s2)CCCC3)cc1. The van der Waals surface area contributed by atoms with Crippen LogP contribution in [-0.4, -0.2) is 31.1 Å². The van der Waals surface area contributed by atoms with Crippen LogP contribution in [0, 0.1) is 0 Å². The van der Waals surface area contributed by atoms with E-state index in [9.17, 15) is 0 Å². The number of nitrogens with zero attached hydrogens (tertiary/aromatic N) is 2. The number of aryl methyl sites for hydroxylation is 3. The largest absolute Gasteiger partial charge is 0.497 e. The third-order valence-corrected chi connectivity index (χ3v) is 5.82. The highest BCUT2D eigenvalue weighted by atomic mass is 32.1. The number of ether oxygens (including phenoxy) is 1. The molecule has 1 aromatic carbocycles. The molecule has 0 saturated heterocycles. The summed E-state index contributed by atoms with van der Waals surface area (Å²) in [5.74, 6) is 1.40. The zero-order valence-corrected chi connectivity index (χ0v) is 16.3. The van der Waals surface area contributed by atoms with Gasteiger partial charge in [0.05, 0.1) is 17.8 Å². The molecule has 3 rings (SSSR count). The van der Waals surface area contributed by atoms with Crippen molar-refractivity contribution in [1.29, 1.82) is 0 Å². The molecule has 1 aliphatic rings. The van der Waals surface area contributed by atoms with Gasteiger partial charge in [-0.15, -0.1) is 11.3 Å². The number of hydrogen-bond donors (Lipinski definition) is 2. The van der Waals surface area contributed by atoms with Gasteiger partial charge in [-0.1, -0.05) is 12.1 Å². The van der Waals surface area contributed by atoms with Crippen LogP contribution in [0.1, 0.15) is 40.4 Å². The van der Waals surface area contributed by atoms with E-state index in [1.165, 1.54) is 40.4 Å². The van der Waals surface area contributed by atoms with E-state index in [1.54, 1.807) is 7.11 Å². The van der Waals surface area contributed by atoms with Crippen molar-refractivity contribution in [3.05, 3.63) is 45.4 Å². The van der Waals surface area contributed by atoms with E-state index in [4.69, 9.17) is 15.5 Å². The molecule has 0 spiro atoms. The number of rotatable bonds is 8.